The van der Waals surface area contributed by atoms with E-state index >= 15 is 0 Å². The van der Waals surface area contributed by atoms with Crippen LogP contribution in [0.4, 0.5) is 0 Å². The van der Waals surface area contributed by atoms with Crippen LogP contribution in [0.2, 0.25) is 0 Å². The maximum Gasteiger partial charge on any atom is 0.259 e. The molecule has 0 unspecified atom stereocenters. The second-order valence-corrected chi connectivity index (χ2v) is 12.3. The number of benzene rings is 1. The minimum atomic E-state index is -3.76. The molecule has 10 heteroatoms. The van der Waals surface area contributed by atoms with Crippen LogP contribution in [0, 0.1) is 17.8 Å². The van der Waals surface area contributed by atoms with Crippen LogP contribution in [-0.2, 0) is 10.0 Å². The fraction of sp³-hybridized carbons (Fsp3) is 0.500. The van der Waals surface area contributed by atoms with E-state index in [4.69, 9.17) is 4.74 Å². The number of rotatable bonds is 6. The van der Waals surface area contributed by atoms with E-state index in [2.05, 4.69) is 16.8 Å². The number of hydrogen-bond donors (Lipinski definition) is 2. The Morgan fingerprint density at radius 3 is 2.61 bits per heavy atom. The van der Waals surface area contributed by atoms with Crippen LogP contribution in [0.25, 0.3) is 0 Å². The lowest BCUT2D eigenvalue weighted by Crippen LogP contribution is -2.50. The highest BCUT2D eigenvalue weighted by atomic mass is 32.2. The predicted octanol–water partition coefficient (Wildman–Crippen LogP) is 2.28. The zero-order chi connectivity index (χ0) is 27.5. The fourth-order valence-electron chi connectivity index (χ4n) is 4.79. The number of hydrogen-bond acceptors (Lipinski definition) is 7. The lowest BCUT2D eigenvalue weighted by molar-refractivity contribution is 0.0373. The van der Waals surface area contributed by atoms with Crippen molar-refractivity contribution in [3.8, 4) is 17.7 Å². The highest BCUT2D eigenvalue weighted by Crippen LogP contribution is 2.30. The number of likely N-dealkylation sites (N-methyl/N-ethyl adjacent to an activating group) is 1. The van der Waals surface area contributed by atoms with Crippen LogP contribution in [0.15, 0.2) is 47.5 Å². The molecule has 0 bridgehead atoms. The summed E-state index contributed by atoms with van der Waals surface area (Å²) in [4.78, 5) is 19.7. The first-order valence-electron chi connectivity index (χ1n) is 12.9. The zero-order valence-corrected chi connectivity index (χ0v) is 22.8. The Morgan fingerprint density at radius 1 is 1.26 bits per heavy atom. The number of aliphatic hydroxyl groups excluding tert-OH is 1. The van der Waals surface area contributed by atoms with Gasteiger partial charge in [-0.1, -0.05) is 37.0 Å². The molecule has 2 aromatic rings. The Balaban J connectivity index is 1.67. The second-order valence-electron chi connectivity index (χ2n) is 10.3. The van der Waals surface area contributed by atoms with Crippen molar-refractivity contribution in [2.75, 3.05) is 26.7 Å². The van der Waals surface area contributed by atoms with Gasteiger partial charge in [-0.15, -0.1) is 0 Å². The van der Waals surface area contributed by atoms with Gasteiger partial charge in [0.25, 0.3) is 5.91 Å². The van der Waals surface area contributed by atoms with Gasteiger partial charge in [0.15, 0.2) is 0 Å². The van der Waals surface area contributed by atoms with E-state index in [0.717, 1.165) is 12.8 Å². The van der Waals surface area contributed by atoms with Gasteiger partial charge < -0.3 is 19.8 Å². The molecule has 2 heterocycles. The lowest BCUT2D eigenvalue weighted by atomic mass is 10.00. The molecular weight excluding hydrogens is 506 g/mol. The number of nitrogens with zero attached hydrogens (tertiary/aromatic N) is 3. The first kappa shape index (κ1) is 28.0. The third-order valence-corrected chi connectivity index (χ3v) is 9.12. The quantitative estimate of drug-likeness (QED) is 0.539. The average Bonchev–Trinajstić information content (AvgIpc) is 3.36. The van der Waals surface area contributed by atoms with Gasteiger partial charge in [-0.3, -0.25) is 4.79 Å². The number of carbonyl (C=O) groups excluding carboxylic acids is 1. The normalized spacial score (nSPS) is 22.1. The molecule has 3 atom stereocenters. The summed E-state index contributed by atoms with van der Waals surface area (Å²) in [5.74, 6) is 5.34. The van der Waals surface area contributed by atoms with E-state index < -0.39 is 27.8 Å². The number of aliphatic hydroxyl groups is 2. The van der Waals surface area contributed by atoms with Crippen LogP contribution < -0.4 is 4.74 Å². The summed E-state index contributed by atoms with van der Waals surface area (Å²) in [5.41, 5.74) is -0.384. The number of aromatic nitrogens is 1. The highest BCUT2D eigenvalue weighted by molar-refractivity contribution is 7.89. The highest BCUT2D eigenvalue weighted by Gasteiger charge is 2.36. The average molecular weight is 542 g/mol. The number of amides is 1. The molecule has 1 fully saturated rings. The van der Waals surface area contributed by atoms with Crippen LogP contribution in [0.5, 0.6) is 5.88 Å². The minimum absolute atomic E-state index is 0.0314. The molecule has 38 heavy (non-hydrogen) atoms. The van der Waals surface area contributed by atoms with Gasteiger partial charge in [-0.2, -0.15) is 4.31 Å². The largest absolute Gasteiger partial charge is 0.472 e. The molecule has 9 nitrogen and oxygen atoms in total. The van der Waals surface area contributed by atoms with Gasteiger partial charge in [0.2, 0.25) is 15.9 Å². The Kier molecular flexibility index (Phi) is 8.43. The summed E-state index contributed by atoms with van der Waals surface area (Å²) >= 11 is 0. The Labute approximate surface area is 224 Å². The van der Waals surface area contributed by atoms with E-state index in [1.165, 1.54) is 17.5 Å². The van der Waals surface area contributed by atoms with Crippen LogP contribution in [0.1, 0.15) is 55.5 Å². The van der Waals surface area contributed by atoms with Gasteiger partial charge in [0.1, 0.15) is 17.3 Å². The molecule has 0 radical (unpaired) electrons. The maximum atomic E-state index is 13.6. The molecule has 1 aliphatic heterocycles. The third-order valence-electron chi connectivity index (χ3n) is 7.28. The first-order valence-corrected chi connectivity index (χ1v) is 14.3. The van der Waals surface area contributed by atoms with Crippen molar-refractivity contribution in [3.63, 3.8) is 0 Å². The molecule has 1 aromatic carbocycles. The topological polar surface area (TPSA) is 120 Å². The van der Waals surface area contributed by atoms with Crippen LogP contribution in [0.3, 0.4) is 0 Å². The van der Waals surface area contributed by atoms with Crippen LogP contribution >= 0.6 is 0 Å². The molecule has 1 amide bonds. The van der Waals surface area contributed by atoms with Crippen molar-refractivity contribution >= 4 is 15.9 Å². The summed E-state index contributed by atoms with van der Waals surface area (Å²) < 4.78 is 33.8. The molecule has 1 saturated carbocycles. The fourth-order valence-corrected chi connectivity index (χ4v) is 5.99. The van der Waals surface area contributed by atoms with E-state index in [-0.39, 0.29) is 47.9 Å². The van der Waals surface area contributed by atoms with Gasteiger partial charge in [-0.05, 0) is 50.8 Å². The molecule has 204 valence electrons. The molecular formula is C28H35N3O6S. The number of pyridine rings is 1. The van der Waals surface area contributed by atoms with E-state index in [9.17, 15) is 23.4 Å². The van der Waals surface area contributed by atoms with Crippen molar-refractivity contribution in [1.29, 1.82) is 0 Å². The summed E-state index contributed by atoms with van der Waals surface area (Å²) in [6.07, 6.45) is 3.93. The first-order chi connectivity index (χ1) is 18.0. The molecule has 1 aromatic heterocycles. The molecule has 0 saturated heterocycles. The predicted molar refractivity (Wildman–Crippen MR) is 142 cm³/mol. The monoisotopic (exact) mass is 541 g/mol. The SMILES string of the molecule is C[C@@H]1CN([C@H](C)CO)C(=O)c2cc(C#CC3(O)CCCC3)cnc2O[C@H]1CN(C)S(=O)(=O)c1ccccc1. The lowest BCUT2D eigenvalue weighted by Gasteiger charge is -2.37. The molecule has 4 rings (SSSR count). The molecule has 2 N–H and O–H groups in total. The molecule has 0 spiro atoms. The van der Waals surface area contributed by atoms with E-state index in [1.807, 2.05) is 6.92 Å². The van der Waals surface area contributed by atoms with Gasteiger partial charge in [0.05, 0.1) is 24.1 Å². The Hall–Kier alpha value is -2.97. The van der Waals surface area contributed by atoms with Crippen LogP contribution in [-0.4, -0.2) is 83.2 Å². The minimum Gasteiger partial charge on any atom is -0.472 e. The van der Waals surface area contributed by atoms with Gasteiger partial charge in [-0.25, -0.2) is 13.4 Å². The smallest absolute Gasteiger partial charge is 0.259 e. The van der Waals surface area contributed by atoms with Gasteiger partial charge >= 0.3 is 0 Å². The summed E-state index contributed by atoms with van der Waals surface area (Å²) in [6.45, 7) is 3.68. The molecule has 1 aliphatic carbocycles. The number of sulfonamides is 1. The number of carbonyl (C=O) groups is 1. The standard InChI is InChI=1S/C28H35N3O6S/c1-20-17-31(21(2)19-32)27(33)24-15-22(11-14-28(34)12-7-8-13-28)16-29-26(24)37-25(20)18-30(3)38(35,36)23-9-5-4-6-10-23/h4-6,9-10,15-16,20-21,25,32,34H,7-8,12-13,17-19H2,1-3H3/t20-,21-,25+/m1/s1. The zero-order valence-electron chi connectivity index (χ0n) is 22.0. The van der Waals surface area contributed by atoms with Gasteiger partial charge in [0, 0.05) is 31.3 Å². The second kappa shape index (κ2) is 11.4. The summed E-state index contributed by atoms with van der Waals surface area (Å²) in [6, 6.07) is 9.28. The third kappa shape index (κ3) is 6.02. The van der Waals surface area contributed by atoms with Crippen molar-refractivity contribution in [2.45, 2.75) is 62.2 Å². The summed E-state index contributed by atoms with van der Waals surface area (Å²) in [7, 11) is -2.27. The van der Waals surface area contributed by atoms with Crippen molar-refractivity contribution in [3.05, 3.63) is 53.7 Å². The van der Waals surface area contributed by atoms with E-state index in [0.29, 0.717) is 18.4 Å². The number of fused-ring (bicyclic) bond motifs is 1. The summed E-state index contributed by atoms with van der Waals surface area (Å²) in [5, 5.41) is 20.4. The Bertz CT molecular complexity index is 1320. The number of ether oxygens (including phenoxy) is 1. The van der Waals surface area contributed by atoms with E-state index in [1.54, 1.807) is 48.2 Å². The maximum absolute atomic E-state index is 13.6. The Morgan fingerprint density at radius 2 is 1.95 bits per heavy atom. The molecule has 2 aliphatic rings. The van der Waals surface area contributed by atoms with Crippen molar-refractivity contribution < 1.29 is 28.2 Å². The van der Waals surface area contributed by atoms with Crippen molar-refractivity contribution in [2.24, 2.45) is 5.92 Å². The van der Waals surface area contributed by atoms with Crippen molar-refractivity contribution in [1.82, 2.24) is 14.2 Å².